The summed E-state index contributed by atoms with van der Waals surface area (Å²) in [6.07, 6.45) is 0.694. The third-order valence-corrected chi connectivity index (χ3v) is 6.09. The van der Waals surface area contributed by atoms with Crippen LogP contribution in [0.15, 0.2) is 29.3 Å². The molecule has 0 aliphatic carbocycles. The van der Waals surface area contributed by atoms with E-state index in [1.807, 2.05) is 6.92 Å². The number of phenolic OH excluding ortho intramolecular Hbond substituents is 1. The van der Waals surface area contributed by atoms with E-state index < -0.39 is 15.5 Å². The lowest BCUT2D eigenvalue weighted by Crippen LogP contribution is -2.47. The number of hydrogen-bond donors (Lipinski definition) is 3. The lowest BCUT2D eigenvalue weighted by molar-refractivity contribution is -0.0496. The van der Waals surface area contributed by atoms with Gasteiger partial charge in [-0.05, 0) is 43.4 Å². The van der Waals surface area contributed by atoms with E-state index in [-0.39, 0.29) is 24.8 Å². The Morgan fingerprint density at radius 2 is 1.82 bits per heavy atom. The van der Waals surface area contributed by atoms with Gasteiger partial charge in [-0.1, -0.05) is 12.1 Å². The summed E-state index contributed by atoms with van der Waals surface area (Å²) in [4.78, 5) is 4.44. The van der Waals surface area contributed by atoms with Crippen LogP contribution in [0.1, 0.15) is 25.3 Å². The molecule has 0 spiro atoms. The van der Waals surface area contributed by atoms with Gasteiger partial charge in [0.15, 0.2) is 5.96 Å². The van der Waals surface area contributed by atoms with Crippen molar-refractivity contribution in [3.05, 3.63) is 29.8 Å². The van der Waals surface area contributed by atoms with E-state index in [1.54, 1.807) is 24.3 Å². The smallest absolute Gasteiger partial charge is 0.508 e. The molecule has 0 radical (unpaired) electrons. The third-order valence-electron chi connectivity index (χ3n) is 4.46. The quantitative estimate of drug-likeness (QED) is 0.482. The van der Waals surface area contributed by atoms with Crippen molar-refractivity contribution in [1.29, 1.82) is 0 Å². The number of aromatic hydroxyl groups is 1. The molecule has 0 amide bonds. The Kier molecular flexibility index (Phi) is 7.53. The molecule has 1 aromatic carbocycles. The maximum atomic E-state index is 12.6. The molecule has 1 aliphatic rings. The van der Waals surface area contributed by atoms with Crippen molar-refractivity contribution in [2.45, 2.75) is 31.8 Å². The van der Waals surface area contributed by atoms with E-state index in [0.29, 0.717) is 42.7 Å². The van der Waals surface area contributed by atoms with Gasteiger partial charge in [0.1, 0.15) is 5.75 Å². The highest BCUT2D eigenvalue weighted by atomic mass is 32.2. The predicted octanol–water partition coefficient (Wildman–Crippen LogP) is 2.01. The van der Waals surface area contributed by atoms with Gasteiger partial charge in [-0.15, -0.1) is 0 Å². The lowest BCUT2D eigenvalue weighted by atomic mass is 9.98. The van der Waals surface area contributed by atoms with Crippen LogP contribution in [-0.4, -0.2) is 55.5 Å². The second-order valence-electron chi connectivity index (χ2n) is 6.54. The Morgan fingerprint density at radius 3 is 2.36 bits per heavy atom. The molecule has 0 bridgehead atoms. The molecule has 0 unspecified atom stereocenters. The first-order valence-electron chi connectivity index (χ1n) is 9.00. The van der Waals surface area contributed by atoms with Crippen LogP contribution >= 0.6 is 0 Å². The van der Waals surface area contributed by atoms with Gasteiger partial charge in [0.25, 0.3) is 0 Å². The van der Waals surface area contributed by atoms with E-state index in [9.17, 15) is 26.7 Å². The molecule has 1 aromatic rings. The number of nitrogens with zero attached hydrogens (tertiary/aromatic N) is 2. The SMILES string of the molecule is CCNC(=NCc1ccc(O)cc1)NCC1CCN(S(=O)(=O)C(F)(F)F)CC1. The average Bonchev–Trinajstić information content (AvgIpc) is 2.65. The van der Waals surface area contributed by atoms with Gasteiger partial charge in [0.2, 0.25) is 0 Å². The minimum Gasteiger partial charge on any atom is -0.508 e. The van der Waals surface area contributed by atoms with Crippen LogP contribution in [0, 0.1) is 5.92 Å². The number of rotatable bonds is 6. The number of halogens is 3. The summed E-state index contributed by atoms with van der Waals surface area (Å²) in [6.45, 7) is 3.16. The van der Waals surface area contributed by atoms with Crippen molar-refractivity contribution < 1.29 is 26.7 Å². The highest BCUT2D eigenvalue weighted by molar-refractivity contribution is 7.90. The van der Waals surface area contributed by atoms with Gasteiger partial charge in [0, 0.05) is 26.2 Å². The molecule has 1 heterocycles. The van der Waals surface area contributed by atoms with Crippen molar-refractivity contribution >= 4 is 16.0 Å². The standard InChI is InChI=1S/C17H25F3N4O3S/c1-2-21-16(22-11-13-3-5-15(25)6-4-13)23-12-14-7-9-24(10-8-14)28(26,27)17(18,19)20/h3-6,14,25H,2,7-12H2,1H3,(H2,21,22,23). The normalized spacial score (nSPS) is 17.5. The first-order chi connectivity index (χ1) is 13.1. The monoisotopic (exact) mass is 422 g/mol. The van der Waals surface area contributed by atoms with E-state index >= 15 is 0 Å². The highest BCUT2D eigenvalue weighted by Gasteiger charge is 2.50. The molecule has 1 saturated heterocycles. The number of nitrogens with one attached hydrogen (secondary N) is 2. The Labute approximate surface area is 162 Å². The van der Waals surface area contributed by atoms with Crippen LogP contribution in [0.3, 0.4) is 0 Å². The minimum atomic E-state index is -5.25. The first-order valence-corrected chi connectivity index (χ1v) is 10.4. The van der Waals surface area contributed by atoms with Crippen molar-refractivity contribution in [2.24, 2.45) is 10.9 Å². The Bertz CT molecular complexity index is 759. The third kappa shape index (κ3) is 5.99. The van der Waals surface area contributed by atoms with E-state index in [2.05, 4.69) is 15.6 Å². The zero-order valence-corrected chi connectivity index (χ0v) is 16.4. The van der Waals surface area contributed by atoms with Gasteiger partial charge < -0.3 is 15.7 Å². The molecule has 0 atom stereocenters. The Balaban J connectivity index is 1.86. The van der Waals surface area contributed by atoms with Crippen LogP contribution in [0.5, 0.6) is 5.75 Å². The molecule has 7 nitrogen and oxygen atoms in total. The summed E-state index contributed by atoms with van der Waals surface area (Å²) in [5, 5.41) is 15.5. The number of aliphatic imine (C=N–C) groups is 1. The first kappa shape index (κ1) is 22.3. The summed E-state index contributed by atoms with van der Waals surface area (Å²) in [6, 6.07) is 6.68. The summed E-state index contributed by atoms with van der Waals surface area (Å²) < 4.78 is 61.3. The largest absolute Gasteiger partial charge is 0.511 e. The van der Waals surface area contributed by atoms with E-state index in [4.69, 9.17) is 0 Å². The minimum absolute atomic E-state index is 0.0530. The van der Waals surface area contributed by atoms with Crippen molar-refractivity contribution in [3.8, 4) is 5.75 Å². The maximum absolute atomic E-state index is 12.6. The van der Waals surface area contributed by atoms with Crippen molar-refractivity contribution in [2.75, 3.05) is 26.2 Å². The number of hydrogen-bond acceptors (Lipinski definition) is 4. The predicted molar refractivity (Wildman–Crippen MR) is 100 cm³/mol. The van der Waals surface area contributed by atoms with Gasteiger partial charge in [-0.25, -0.2) is 13.4 Å². The summed E-state index contributed by atoms with van der Waals surface area (Å²) in [5.74, 6) is 0.801. The molecule has 0 aromatic heterocycles. The van der Waals surface area contributed by atoms with E-state index in [0.717, 1.165) is 5.56 Å². The fourth-order valence-corrected chi connectivity index (χ4v) is 3.84. The molecule has 11 heteroatoms. The van der Waals surface area contributed by atoms with Crippen LogP contribution in [0.2, 0.25) is 0 Å². The van der Waals surface area contributed by atoms with Crippen LogP contribution in [-0.2, 0) is 16.6 Å². The number of benzene rings is 1. The highest BCUT2D eigenvalue weighted by Crippen LogP contribution is 2.30. The fraction of sp³-hybridized carbons (Fsp3) is 0.588. The van der Waals surface area contributed by atoms with Crippen LogP contribution < -0.4 is 10.6 Å². The van der Waals surface area contributed by atoms with Crippen molar-refractivity contribution in [3.63, 3.8) is 0 Å². The van der Waals surface area contributed by atoms with Crippen LogP contribution in [0.4, 0.5) is 13.2 Å². The average molecular weight is 422 g/mol. The summed E-state index contributed by atoms with van der Waals surface area (Å²) >= 11 is 0. The molecule has 0 saturated carbocycles. The molecule has 3 N–H and O–H groups in total. The summed E-state index contributed by atoms with van der Waals surface area (Å²) in [7, 11) is -5.25. The van der Waals surface area contributed by atoms with Gasteiger partial charge in [-0.2, -0.15) is 17.5 Å². The Hall–Kier alpha value is -2.01. The van der Waals surface area contributed by atoms with Gasteiger partial charge in [-0.3, -0.25) is 0 Å². The number of sulfonamides is 1. The number of guanidine groups is 1. The van der Waals surface area contributed by atoms with E-state index in [1.165, 1.54) is 0 Å². The Morgan fingerprint density at radius 1 is 1.21 bits per heavy atom. The van der Waals surface area contributed by atoms with Gasteiger partial charge >= 0.3 is 15.5 Å². The zero-order chi connectivity index (χ0) is 20.8. The number of alkyl halides is 3. The van der Waals surface area contributed by atoms with Gasteiger partial charge in [0.05, 0.1) is 6.54 Å². The van der Waals surface area contributed by atoms with Crippen LogP contribution in [0.25, 0.3) is 0 Å². The second kappa shape index (κ2) is 9.46. The second-order valence-corrected chi connectivity index (χ2v) is 8.47. The topological polar surface area (TPSA) is 94.0 Å². The molecule has 2 rings (SSSR count). The number of phenols is 1. The fourth-order valence-electron chi connectivity index (χ4n) is 2.85. The zero-order valence-electron chi connectivity index (χ0n) is 15.5. The maximum Gasteiger partial charge on any atom is 0.511 e. The molecule has 158 valence electrons. The number of piperidine rings is 1. The van der Waals surface area contributed by atoms with Crippen molar-refractivity contribution in [1.82, 2.24) is 14.9 Å². The summed E-state index contributed by atoms with van der Waals surface area (Å²) in [5.41, 5.74) is -4.34. The lowest BCUT2D eigenvalue weighted by Gasteiger charge is -2.31. The molecule has 1 aliphatic heterocycles. The molecular weight excluding hydrogens is 397 g/mol. The molecule has 28 heavy (non-hydrogen) atoms. The molecular formula is C17H25F3N4O3S. The molecule has 1 fully saturated rings.